The van der Waals surface area contributed by atoms with Crippen LogP contribution >= 0.6 is 15.9 Å². The maximum Gasteiger partial charge on any atom is 0.313 e. The molecule has 0 aliphatic rings. The Kier molecular flexibility index (Phi) is 6.18. The van der Waals surface area contributed by atoms with Crippen molar-refractivity contribution < 1.29 is 9.66 Å². The molecule has 0 fully saturated rings. The zero-order valence-electron chi connectivity index (χ0n) is 16.2. The van der Waals surface area contributed by atoms with Gasteiger partial charge in [-0.1, -0.05) is 42.5 Å². The first-order valence-corrected chi connectivity index (χ1v) is 10.2. The Labute approximate surface area is 186 Å². The molecule has 0 aliphatic carbocycles. The van der Waals surface area contributed by atoms with E-state index in [9.17, 15) is 10.1 Å². The SMILES string of the molecule is O=[N+]([O-])c1cccnc1N/N=C\c1ccc(OCc2cccc3ccccc23)c(Br)c1. The second-order valence-corrected chi connectivity index (χ2v) is 7.47. The van der Waals surface area contributed by atoms with Crippen molar-refractivity contribution in [1.29, 1.82) is 0 Å². The number of nitro groups is 1. The lowest BCUT2D eigenvalue weighted by molar-refractivity contribution is -0.384. The smallest absolute Gasteiger partial charge is 0.313 e. The van der Waals surface area contributed by atoms with E-state index >= 15 is 0 Å². The number of hydrazone groups is 1. The van der Waals surface area contributed by atoms with Gasteiger partial charge in [0.15, 0.2) is 0 Å². The van der Waals surface area contributed by atoms with Crippen molar-refractivity contribution in [2.45, 2.75) is 6.61 Å². The van der Waals surface area contributed by atoms with Gasteiger partial charge in [0.1, 0.15) is 12.4 Å². The third-order valence-electron chi connectivity index (χ3n) is 4.59. The van der Waals surface area contributed by atoms with E-state index in [1.807, 2.05) is 36.4 Å². The van der Waals surface area contributed by atoms with Gasteiger partial charge in [0.05, 0.1) is 15.6 Å². The Balaban J connectivity index is 1.43. The van der Waals surface area contributed by atoms with Crippen molar-refractivity contribution in [3.05, 3.63) is 105 Å². The van der Waals surface area contributed by atoms with Gasteiger partial charge in [-0.2, -0.15) is 5.10 Å². The van der Waals surface area contributed by atoms with Crippen LogP contribution in [0.5, 0.6) is 5.75 Å². The molecule has 0 radical (unpaired) electrons. The zero-order chi connectivity index (χ0) is 21.6. The minimum absolute atomic E-state index is 0.0813. The number of halogens is 1. The van der Waals surface area contributed by atoms with Crippen molar-refractivity contribution in [1.82, 2.24) is 4.98 Å². The Morgan fingerprint density at radius 3 is 2.77 bits per heavy atom. The van der Waals surface area contributed by atoms with E-state index in [1.54, 1.807) is 6.21 Å². The number of hydrogen-bond acceptors (Lipinski definition) is 6. The second kappa shape index (κ2) is 9.36. The van der Waals surface area contributed by atoms with Crippen LogP contribution in [0.25, 0.3) is 10.8 Å². The van der Waals surface area contributed by atoms with Crippen LogP contribution in [-0.4, -0.2) is 16.1 Å². The van der Waals surface area contributed by atoms with Crippen LogP contribution < -0.4 is 10.2 Å². The molecule has 0 saturated carbocycles. The van der Waals surface area contributed by atoms with E-state index in [0.29, 0.717) is 12.4 Å². The molecule has 0 saturated heterocycles. The summed E-state index contributed by atoms with van der Waals surface area (Å²) in [6.07, 6.45) is 3.02. The molecule has 31 heavy (non-hydrogen) atoms. The summed E-state index contributed by atoms with van der Waals surface area (Å²) < 4.78 is 6.79. The molecule has 154 valence electrons. The first-order chi connectivity index (χ1) is 15.1. The molecule has 8 heteroatoms. The van der Waals surface area contributed by atoms with Crippen molar-refractivity contribution in [2.75, 3.05) is 5.43 Å². The van der Waals surface area contributed by atoms with Gasteiger partial charge in [-0.15, -0.1) is 0 Å². The zero-order valence-corrected chi connectivity index (χ0v) is 17.8. The maximum atomic E-state index is 11.0. The van der Waals surface area contributed by atoms with Crippen LogP contribution in [0, 0.1) is 10.1 Å². The molecule has 4 aromatic rings. The second-order valence-electron chi connectivity index (χ2n) is 6.62. The Morgan fingerprint density at radius 1 is 1.10 bits per heavy atom. The third-order valence-corrected chi connectivity index (χ3v) is 5.21. The maximum absolute atomic E-state index is 11.0. The Hall–Kier alpha value is -3.78. The summed E-state index contributed by atoms with van der Waals surface area (Å²) in [5.74, 6) is 0.788. The predicted molar refractivity (Wildman–Crippen MR) is 125 cm³/mol. The summed E-state index contributed by atoms with van der Waals surface area (Å²) in [5, 5.41) is 17.4. The Morgan fingerprint density at radius 2 is 1.94 bits per heavy atom. The number of anilines is 1. The van der Waals surface area contributed by atoms with E-state index in [-0.39, 0.29) is 11.5 Å². The molecule has 0 atom stereocenters. The first kappa shape index (κ1) is 20.5. The molecule has 3 aromatic carbocycles. The molecule has 7 nitrogen and oxygen atoms in total. The number of fused-ring (bicyclic) bond motifs is 1. The molecule has 0 unspecified atom stereocenters. The van der Waals surface area contributed by atoms with Gasteiger partial charge in [0.25, 0.3) is 0 Å². The number of benzene rings is 3. The van der Waals surface area contributed by atoms with Crippen LogP contribution in [0.4, 0.5) is 11.5 Å². The number of nitrogens with zero attached hydrogens (tertiary/aromatic N) is 3. The van der Waals surface area contributed by atoms with Gasteiger partial charge in [-0.3, -0.25) is 15.5 Å². The van der Waals surface area contributed by atoms with Gasteiger partial charge in [-0.05, 0) is 62.1 Å². The number of hydrogen-bond donors (Lipinski definition) is 1. The van der Waals surface area contributed by atoms with Crippen molar-refractivity contribution in [3.63, 3.8) is 0 Å². The molecule has 0 aliphatic heterocycles. The lowest BCUT2D eigenvalue weighted by Gasteiger charge is -2.11. The number of pyridine rings is 1. The number of nitrogens with one attached hydrogen (secondary N) is 1. The van der Waals surface area contributed by atoms with Gasteiger partial charge < -0.3 is 4.74 Å². The fourth-order valence-electron chi connectivity index (χ4n) is 3.09. The quantitative estimate of drug-likeness (QED) is 0.202. The molecule has 1 heterocycles. The molecule has 0 spiro atoms. The van der Waals surface area contributed by atoms with Crippen LogP contribution in [0.15, 0.2) is 88.6 Å². The first-order valence-electron chi connectivity index (χ1n) is 9.39. The molecule has 0 amide bonds. The lowest BCUT2D eigenvalue weighted by atomic mass is 10.1. The topological polar surface area (TPSA) is 89.7 Å². The van der Waals surface area contributed by atoms with Crippen LogP contribution in [-0.2, 0) is 6.61 Å². The molecular formula is C23H17BrN4O3. The lowest BCUT2D eigenvalue weighted by Crippen LogP contribution is -1.99. The van der Waals surface area contributed by atoms with Gasteiger partial charge >= 0.3 is 5.69 Å². The molecule has 0 bridgehead atoms. The highest BCUT2D eigenvalue weighted by atomic mass is 79.9. The van der Waals surface area contributed by atoms with Crippen LogP contribution in [0.3, 0.4) is 0 Å². The minimum Gasteiger partial charge on any atom is -0.488 e. The third kappa shape index (κ3) is 4.87. The normalized spacial score (nSPS) is 11.0. The van der Waals surface area contributed by atoms with Gasteiger partial charge in [-0.25, -0.2) is 4.98 Å². The highest BCUT2D eigenvalue weighted by Gasteiger charge is 2.13. The van der Waals surface area contributed by atoms with E-state index < -0.39 is 4.92 Å². The minimum atomic E-state index is -0.510. The number of aromatic nitrogens is 1. The number of ether oxygens (including phenoxy) is 1. The average molecular weight is 477 g/mol. The Bertz CT molecular complexity index is 1270. The summed E-state index contributed by atoms with van der Waals surface area (Å²) in [5.41, 5.74) is 4.37. The molecule has 4 rings (SSSR count). The van der Waals surface area contributed by atoms with Crippen molar-refractivity contribution in [3.8, 4) is 5.75 Å². The highest BCUT2D eigenvalue weighted by Crippen LogP contribution is 2.28. The van der Waals surface area contributed by atoms with Gasteiger partial charge in [0, 0.05) is 12.3 Å². The fraction of sp³-hybridized carbons (Fsp3) is 0.0435. The molecule has 1 N–H and O–H groups in total. The molecule has 1 aromatic heterocycles. The van der Waals surface area contributed by atoms with Crippen molar-refractivity contribution in [2.24, 2.45) is 5.10 Å². The standard InChI is InChI=1S/C23H17BrN4O3/c24-20-13-16(14-26-27-23-21(28(29)30)9-4-12-25-23)10-11-22(20)31-15-18-7-3-6-17-5-1-2-8-19(17)18/h1-14H,15H2,(H,25,27)/b26-14-. The summed E-state index contributed by atoms with van der Waals surface area (Å²) in [4.78, 5) is 14.5. The highest BCUT2D eigenvalue weighted by molar-refractivity contribution is 9.10. The van der Waals surface area contributed by atoms with Crippen molar-refractivity contribution >= 4 is 44.4 Å². The van der Waals surface area contributed by atoms with E-state index in [0.717, 1.165) is 15.6 Å². The average Bonchev–Trinajstić information content (AvgIpc) is 2.79. The summed E-state index contributed by atoms with van der Waals surface area (Å²) in [6, 6.07) is 22.8. The van der Waals surface area contributed by atoms with Crippen LogP contribution in [0.1, 0.15) is 11.1 Å². The monoisotopic (exact) mass is 476 g/mol. The summed E-state index contributed by atoms with van der Waals surface area (Å²) in [6.45, 7) is 0.443. The van der Waals surface area contributed by atoms with Gasteiger partial charge in [0.2, 0.25) is 5.82 Å². The van der Waals surface area contributed by atoms with E-state index in [2.05, 4.69) is 55.7 Å². The number of rotatable bonds is 7. The van der Waals surface area contributed by atoms with E-state index in [1.165, 1.54) is 29.1 Å². The van der Waals surface area contributed by atoms with Crippen LogP contribution in [0.2, 0.25) is 0 Å². The van der Waals surface area contributed by atoms with E-state index in [4.69, 9.17) is 4.74 Å². The predicted octanol–water partition coefficient (Wildman–Crippen LogP) is 5.93. The summed E-state index contributed by atoms with van der Waals surface area (Å²) in [7, 11) is 0. The largest absolute Gasteiger partial charge is 0.488 e. The summed E-state index contributed by atoms with van der Waals surface area (Å²) >= 11 is 3.53. The fourth-order valence-corrected chi connectivity index (χ4v) is 3.60. The molecular weight excluding hydrogens is 460 g/mol.